The molecule has 1 aromatic rings. The highest BCUT2D eigenvalue weighted by Gasteiger charge is 2.19. The summed E-state index contributed by atoms with van der Waals surface area (Å²) in [5.41, 5.74) is 1.17. The van der Waals surface area contributed by atoms with Crippen LogP contribution in [0, 0.1) is 0 Å². The lowest BCUT2D eigenvalue weighted by Crippen LogP contribution is -2.43. The van der Waals surface area contributed by atoms with Crippen molar-refractivity contribution in [2.45, 2.75) is 38.3 Å². The number of piperidine rings is 1. The van der Waals surface area contributed by atoms with E-state index in [-0.39, 0.29) is 6.04 Å². The molecule has 0 aliphatic carbocycles. The molecule has 106 valence electrons. The molecule has 1 N–H and O–H groups in total. The van der Waals surface area contributed by atoms with E-state index in [1.807, 2.05) is 12.1 Å². The second kappa shape index (κ2) is 7.07. The molecule has 2 nitrogen and oxygen atoms in total. The van der Waals surface area contributed by atoms with Gasteiger partial charge < -0.3 is 10.2 Å². The minimum Gasteiger partial charge on any atom is -0.309 e. The van der Waals surface area contributed by atoms with E-state index in [2.05, 4.69) is 46.2 Å². The Balaban J connectivity index is 1.91. The maximum Gasteiger partial charge on any atom is 0.0464 e. The molecule has 1 aromatic carbocycles. The number of rotatable bonds is 4. The van der Waals surface area contributed by atoms with E-state index >= 15 is 0 Å². The number of hydrogen-bond acceptors (Lipinski definition) is 2. The van der Waals surface area contributed by atoms with Crippen molar-refractivity contribution in [3.8, 4) is 0 Å². The van der Waals surface area contributed by atoms with E-state index < -0.39 is 0 Å². The van der Waals surface area contributed by atoms with Crippen molar-refractivity contribution in [2.24, 2.45) is 0 Å². The van der Waals surface area contributed by atoms with Crippen molar-refractivity contribution in [1.29, 1.82) is 0 Å². The molecule has 0 radical (unpaired) electrons. The Morgan fingerprint density at radius 3 is 2.95 bits per heavy atom. The molecule has 1 aliphatic rings. The van der Waals surface area contributed by atoms with Gasteiger partial charge in [-0.05, 0) is 51.1 Å². The van der Waals surface area contributed by atoms with Gasteiger partial charge in [0.2, 0.25) is 0 Å². The van der Waals surface area contributed by atoms with Crippen LogP contribution in [-0.4, -0.2) is 31.1 Å². The molecule has 0 aromatic heterocycles. The van der Waals surface area contributed by atoms with E-state index in [9.17, 15) is 0 Å². The molecule has 2 rings (SSSR count). The topological polar surface area (TPSA) is 15.3 Å². The molecule has 1 saturated heterocycles. The summed E-state index contributed by atoms with van der Waals surface area (Å²) in [6.45, 7) is 4.43. The zero-order valence-electron chi connectivity index (χ0n) is 11.6. The van der Waals surface area contributed by atoms with Gasteiger partial charge in [-0.2, -0.15) is 0 Å². The van der Waals surface area contributed by atoms with Gasteiger partial charge in [-0.15, -0.1) is 0 Å². The number of likely N-dealkylation sites (tertiary alicyclic amines) is 1. The molecule has 4 heteroatoms. The summed E-state index contributed by atoms with van der Waals surface area (Å²) < 4.78 is 1.03. The Morgan fingerprint density at radius 1 is 1.47 bits per heavy atom. The predicted octanol–water partition coefficient (Wildman–Crippen LogP) is 4.24. The lowest BCUT2D eigenvalue weighted by atomic mass is 10.0. The van der Waals surface area contributed by atoms with E-state index in [4.69, 9.17) is 11.6 Å². The summed E-state index contributed by atoms with van der Waals surface area (Å²) in [4.78, 5) is 2.46. The average Bonchev–Trinajstić information content (AvgIpc) is 2.37. The molecule has 2 unspecified atom stereocenters. The predicted molar refractivity (Wildman–Crippen MR) is 85.8 cm³/mol. The zero-order chi connectivity index (χ0) is 13.8. The molecule has 19 heavy (non-hydrogen) atoms. The standard InChI is InChI=1S/C15H22BrClN2/c1-11(14-7-6-12(16)9-15(14)17)18-10-13-5-3-4-8-19(13)2/h6-7,9,11,13,18H,3-5,8,10H2,1-2H3. The fourth-order valence-corrected chi connectivity index (χ4v) is 3.51. The molecule has 2 atom stereocenters. The Hall–Kier alpha value is -0.0900. The van der Waals surface area contributed by atoms with Crippen molar-refractivity contribution in [2.75, 3.05) is 20.1 Å². The second-order valence-electron chi connectivity index (χ2n) is 5.43. The highest BCUT2D eigenvalue weighted by Crippen LogP contribution is 2.26. The summed E-state index contributed by atoms with van der Waals surface area (Å²) >= 11 is 9.74. The minimum absolute atomic E-state index is 0.288. The van der Waals surface area contributed by atoms with Crippen molar-refractivity contribution in [1.82, 2.24) is 10.2 Å². The van der Waals surface area contributed by atoms with E-state index in [0.717, 1.165) is 16.0 Å². The minimum atomic E-state index is 0.288. The van der Waals surface area contributed by atoms with Crippen LogP contribution in [0.1, 0.15) is 37.8 Å². The van der Waals surface area contributed by atoms with E-state index in [0.29, 0.717) is 6.04 Å². The van der Waals surface area contributed by atoms with Crippen LogP contribution in [0.5, 0.6) is 0 Å². The average molecular weight is 346 g/mol. The molecule has 0 saturated carbocycles. The fraction of sp³-hybridized carbons (Fsp3) is 0.600. The van der Waals surface area contributed by atoms with Gasteiger partial charge in [0.05, 0.1) is 0 Å². The lowest BCUT2D eigenvalue weighted by Gasteiger charge is -2.33. The molecule has 0 amide bonds. The van der Waals surface area contributed by atoms with Gasteiger partial charge in [0.1, 0.15) is 0 Å². The van der Waals surface area contributed by atoms with E-state index in [1.165, 1.54) is 31.4 Å². The third-order valence-electron chi connectivity index (χ3n) is 4.01. The first kappa shape index (κ1) is 15.3. The summed E-state index contributed by atoms with van der Waals surface area (Å²) in [5, 5.41) is 4.44. The number of benzene rings is 1. The molecule has 0 bridgehead atoms. The van der Waals surface area contributed by atoms with E-state index in [1.54, 1.807) is 0 Å². The maximum atomic E-state index is 6.29. The lowest BCUT2D eigenvalue weighted by molar-refractivity contribution is 0.178. The third-order valence-corrected chi connectivity index (χ3v) is 4.83. The van der Waals surface area contributed by atoms with Crippen LogP contribution >= 0.6 is 27.5 Å². The molecule has 1 aliphatic heterocycles. The van der Waals surface area contributed by atoms with Crippen LogP contribution in [0.25, 0.3) is 0 Å². The zero-order valence-corrected chi connectivity index (χ0v) is 14.0. The molecular weight excluding hydrogens is 324 g/mol. The van der Waals surface area contributed by atoms with Crippen LogP contribution < -0.4 is 5.32 Å². The molecular formula is C15H22BrClN2. The van der Waals surface area contributed by atoms with Crippen LogP contribution in [0.15, 0.2) is 22.7 Å². The smallest absolute Gasteiger partial charge is 0.0464 e. The third kappa shape index (κ3) is 4.19. The normalized spacial score (nSPS) is 22.4. The number of likely N-dealkylation sites (N-methyl/N-ethyl adjacent to an activating group) is 1. The number of nitrogens with zero attached hydrogens (tertiary/aromatic N) is 1. The Labute approximate surface area is 129 Å². The van der Waals surface area contributed by atoms with Crippen molar-refractivity contribution in [3.63, 3.8) is 0 Å². The fourth-order valence-electron chi connectivity index (χ4n) is 2.68. The molecule has 0 spiro atoms. The summed E-state index contributed by atoms with van der Waals surface area (Å²) in [5.74, 6) is 0. The molecule has 1 fully saturated rings. The Bertz CT molecular complexity index is 425. The maximum absolute atomic E-state index is 6.29. The van der Waals surface area contributed by atoms with Crippen LogP contribution in [0.3, 0.4) is 0 Å². The van der Waals surface area contributed by atoms with Gasteiger partial charge in [-0.25, -0.2) is 0 Å². The van der Waals surface area contributed by atoms with Gasteiger partial charge in [0, 0.05) is 28.1 Å². The highest BCUT2D eigenvalue weighted by molar-refractivity contribution is 9.10. The van der Waals surface area contributed by atoms with Gasteiger partial charge in [0.25, 0.3) is 0 Å². The first-order valence-corrected chi connectivity index (χ1v) is 8.13. The number of hydrogen-bond donors (Lipinski definition) is 1. The number of nitrogens with one attached hydrogen (secondary N) is 1. The van der Waals surface area contributed by atoms with Gasteiger partial charge in [-0.3, -0.25) is 0 Å². The first-order chi connectivity index (χ1) is 9.08. The molecule has 1 heterocycles. The van der Waals surface area contributed by atoms with Crippen LogP contribution in [-0.2, 0) is 0 Å². The monoisotopic (exact) mass is 344 g/mol. The van der Waals surface area contributed by atoms with Gasteiger partial charge in [-0.1, -0.05) is 40.0 Å². The quantitative estimate of drug-likeness (QED) is 0.878. The first-order valence-electron chi connectivity index (χ1n) is 6.96. The SMILES string of the molecule is CC(NCC1CCCCN1C)c1ccc(Br)cc1Cl. The van der Waals surface area contributed by atoms with Crippen molar-refractivity contribution < 1.29 is 0 Å². The highest BCUT2D eigenvalue weighted by atomic mass is 79.9. The number of halogens is 2. The summed E-state index contributed by atoms with van der Waals surface area (Å²) in [6.07, 6.45) is 3.98. The van der Waals surface area contributed by atoms with Gasteiger partial charge >= 0.3 is 0 Å². The van der Waals surface area contributed by atoms with Crippen molar-refractivity contribution in [3.05, 3.63) is 33.3 Å². The summed E-state index contributed by atoms with van der Waals surface area (Å²) in [6, 6.07) is 7.05. The van der Waals surface area contributed by atoms with Crippen LogP contribution in [0.2, 0.25) is 5.02 Å². The van der Waals surface area contributed by atoms with Crippen LogP contribution in [0.4, 0.5) is 0 Å². The summed E-state index contributed by atoms with van der Waals surface area (Å²) in [7, 11) is 2.22. The van der Waals surface area contributed by atoms with Gasteiger partial charge in [0.15, 0.2) is 0 Å². The second-order valence-corrected chi connectivity index (χ2v) is 6.75. The largest absolute Gasteiger partial charge is 0.309 e. The Kier molecular flexibility index (Phi) is 5.70. The Morgan fingerprint density at radius 2 is 2.26 bits per heavy atom. The van der Waals surface area contributed by atoms with Crippen molar-refractivity contribution >= 4 is 27.5 Å².